The molecule has 0 amide bonds. The van der Waals surface area contributed by atoms with Gasteiger partial charge < -0.3 is 9.73 Å². The molecule has 1 heterocycles. The first-order chi connectivity index (χ1) is 14.9. The van der Waals surface area contributed by atoms with Crippen molar-refractivity contribution in [3.05, 3.63) is 90.6 Å². The molecule has 0 spiro atoms. The second kappa shape index (κ2) is 8.57. The molecule has 0 saturated carbocycles. The Labute approximate surface area is 179 Å². The zero-order chi connectivity index (χ0) is 21.8. The van der Waals surface area contributed by atoms with Crippen molar-refractivity contribution in [3.63, 3.8) is 0 Å². The van der Waals surface area contributed by atoms with Gasteiger partial charge in [-0.15, -0.1) is 10.2 Å². The van der Waals surface area contributed by atoms with Crippen molar-refractivity contribution >= 4 is 21.4 Å². The molecule has 0 atom stereocenters. The smallest absolute Gasteiger partial charge is 0.264 e. The van der Waals surface area contributed by atoms with Gasteiger partial charge in [-0.2, -0.15) is 0 Å². The summed E-state index contributed by atoms with van der Waals surface area (Å²) in [5.74, 6) is 0.240. The number of nitrogens with zero attached hydrogens (tertiary/aromatic N) is 3. The summed E-state index contributed by atoms with van der Waals surface area (Å²) in [5.41, 5.74) is 1.77. The van der Waals surface area contributed by atoms with Gasteiger partial charge in [0.2, 0.25) is 11.8 Å². The summed E-state index contributed by atoms with van der Waals surface area (Å²) >= 11 is 0. The monoisotopic (exact) mass is 438 g/mol. The van der Waals surface area contributed by atoms with Gasteiger partial charge in [0, 0.05) is 18.3 Å². The Kier molecular flexibility index (Phi) is 5.68. The van der Waals surface area contributed by atoms with Crippen LogP contribution in [0.5, 0.6) is 0 Å². The summed E-state index contributed by atoms with van der Waals surface area (Å²) in [6, 6.07) is 21.1. The van der Waals surface area contributed by atoms with E-state index in [9.17, 15) is 12.8 Å². The zero-order valence-electron chi connectivity index (χ0n) is 16.6. The molecule has 7 nitrogen and oxygen atoms in total. The lowest BCUT2D eigenvalue weighted by Gasteiger charge is -2.19. The van der Waals surface area contributed by atoms with Crippen molar-refractivity contribution in [2.45, 2.75) is 11.4 Å². The van der Waals surface area contributed by atoms with Crippen LogP contribution in [-0.2, 0) is 16.6 Å². The molecular weight excluding hydrogens is 419 g/mol. The van der Waals surface area contributed by atoms with Crippen molar-refractivity contribution < 1.29 is 17.2 Å². The molecule has 3 aromatic carbocycles. The van der Waals surface area contributed by atoms with E-state index in [0.29, 0.717) is 22.8 Å². The van der Waals surface area contributed by atoms with Crippen molar-refractivity contribution in [2.24, 2.45) is 0 Å². The fourth-order valence-corrected chi connectivity index (χ4v) is 4.16. The maximum Gasteiger partial charge on any atom is 0.264 e. The number of hydrogen-bond donors (Lipinski definition) is 1. The molecule has 0 radical (unpaired) electrons. The second-order valence-electron chi connectivity index (χ2n) is 6.70. The van der Waals surface area contributed by atoms with E-state index in [1.807, 2.05) is 6.07 Å². The third-order valence-electron chi connectivity index (χ3n) is 4.61. The van der Waals surface area contributed by atoms with Gasteiger partial charge in [-0.25, -0.2) is 12.8 Å². The molecule has 0 aliphatic rings. The number of halogens is 1. The molecule has 0 fully saturated rings. The van der Waals surface area contributed by atoms with Gasteiger partial charge in [0.15, 0.2) is 0 Å². The molecule has 0 aliphatic heterocycles. The van der Waals surface area contributed by atoms with Crippen LogP contribution in [-0.4, -0.2) is 25.7 Å². The number of rotatable bonds is 7. The molecule has 158 valence electrons. The van der Waals surface area contributed by atoms with Gasteiger partial charge in [0.25, 0.3) is 10.0 Å². The predicted molar refractivity (Wildman–Crippen MR) is 115 cm³/mol. The van der Waals surface area contributed by atoms with Gasteiger partial charge >= 0.3 is 0 Å². The van der Waals surface area contributed by atoms with E-state index < -0.39 is 10.0 Å². The second-order valence-corrected chi connectivity index (χ2v) is 8.67. The van der Waals surface area contributed by atoms with Crippen LogP contribution in [0.4, 0.5) is 15.8 Å². The highest BCUT2D eigenvalue weighted by atomic mass is 32.2. The summed E-state index contributed by atoms with van der Waals surface area (Å²) in [4.78, 5) is 0.154. The third kappa shape index (κ3) is 4.56. The van der Waals surface area contributed by atoms with Gasteiger partial charge in [-0.3, -0.25) is 4.31 Å². The Morgan fingerprint density at radius 3 is 2.45 bits per heavy atom. The number of anilines is 2. The molecular formula is C22H19FN4O3S. The molecule has 0 aliphatic carbocycles. The molecule has 4 rings (SSSR count). The largest absolute Gasteiger partial charge is 0.419 e. The molecule has 1 aromatic heterocycles. The summed E-state index contributed by atoms with van der Waals surface area (Å²) in [7, 11) is -2.21. The average Bonchev–Trinajstić information content (AvgIpc) is 3.27. The molecule has 9 heteroatoms. The summed E-state index contributed by atoms with van der Waals surface area (Å²) in [6.45, 7) is 0.201. The fourth-order valence-electron chi connectivity index (χ4n) is 2.91. The van der Waals surface area contributed by atoms with Gasteiger partial charge in [0.05, 0.1) is 17.1 Å². The minimum absolute atomic E-state index is 0.154. The number of aromatic nitrogens is 2. The van der Waals surface area contributed by atoms with Crippen LogP contribution < -0.4 is 9.62 Å². The summed E-state index contributed by atoms with van der Waals surface area (Å²) in [5, 5.41) is 11.0. The Hall–Kier alpha value is -3.72. The molecule has 0 bridgehead atoms. The maximum absolute atomic E-state index is 13.1. The number of nitrogens with one attached hydrogen (secondary N) is 1. The lowest BCUT2D eigenvalue weighted by Crippen LogP contribution is -2.26. The Morgan fingerprint density at radius 2 is 1.71 bits per heavy atom. The highest BCUT2D eigenvalue weighted by Crippen LogP contribution is 2.24. The number of benzene rings is 3. The Balaban J connectivity index is 1.47. The average molecular weight is 438 g/mol. The lowest BCUT2D eigenvalue weighted by molar-refractivity contribution is 0.515. The van der Waals surface area contributed by atoms with Crippen molar-refractivity contribution in [2.75, 3.05) is 16.7 Å². The standard InChI is InChI=1S/C22H19FN4O3S/c1-27(19-7-3-2-4-8-19)31(28,29)20-9-5-6-18(14-20)24-15-21-25-26-22(30-21)16-10-12-17(23)13-11-16/h2-14,24H,15H2,1H3. The van der Waals surface area contributed by atoms with Crippen LogP contribution in [0, 0.1) is 5.82 Å². The van der Waals surface area contributed by atoms with Crippen molar-refractivity contribution in [3.8, 4) is 11.5 Å². The highest BCUT2D eigenvalue weighted by molar-refractivity contribution is 7.92. The van der Waals surface area contributed by atoms with Gasteiger partial charge in [0.1, 0.15) is 5.82 Å². The van der Waals surface area contributed by atoms with Crippen LogP contribution in [0.3, 0.4) is 0 Å². The van der Waals surface area contributed by atoms with E-state index in [0.717, 1.165) is 0 Å². The fraction of sp³-hybridized carbons (Fsp3) is 0.0909. The van der Waals surface area contributed by atoms with E-state index in [2.05, 4.69) is 15.5 Å². The summed E-state index contributed by atoms with van der Waals surface area (Å²) in [6.07, 6.45) is 0. The third-order valence-corrected chi connectivity index (χ3v) is 6.40. The first-order valence-electron chi connectivity index (χ1n) is 9.40. The van der Waals surface area contributed by atoms with Crippen LogP contribution in [0.1, 0.15) is 5.89 Å². The minimum atomic E-state index is -3.72. The Morgan fingerprint density at radius 1 is 0.968 bits per heavy atom. The SMILES string of the molecule is CN(c1ccccc1)S(=O)(=O)c1cccc(NCc2nnc(-c3ccc(F)cc3)o2)c1. The van der Waals surface area contributed by atoms with Gasteiger partial charge in [-0.05, 0) is 54.6 Å². The van der Waals surface area contributed by atoms with Crippen molar-refractivity contribution in [1.29, 1.82) is 0 Å². The number of hydrogen-bond acceptors (Lipinski definition) is 6. The first kappa shape index (κ1) is 20.5. The maximum atomic E-state index is 13.1. The molecule has 31 heavy (non-hydrogen) atoms. The highest BCUT2D eigenvalue weighted by Gasteiger charge is 2.21. The quantitative estimate of drug-likeness (QED) is 0.463. The van der Waals surface area contributed by atoms with Crippen LogP contribution in [0.25, 0.3) is 11.5 Å². The Bertz CT molecular complexity index is 1280. The van der Waals surface area contributed by atoms with E-state index in [4.69, 9.17) is 4.42 Å². The van der Waals surface area contributed by atoms with Crippen LogP contribution in [0.2, 0.25) is 0 Å². The zero-order valence-corrected chi connectivity index (χ0v) is 17.4. The molecule has 1 N–H and O–H groups in total. The van der Waals surface area contributed by atoms with E-state index >= 15 is 0 Å². The van der Waals surface area contributed by atoms with E-state index in [1.54, 1.807) is 60.7 Å². The van der Waals surface area contributed by atoms with E-state index in [-0.39, 0.29) is 23.1 Å². The lowest BCUT2D eigenvalue weighted by atomic mass is 10.2. The van der Waals surface area contributed by atoms with E-state index in [1.165, 1.54) is 23.5 Å². The predicted octanol–water partition coefficient (Wildman–Crippen LogP) is 4.31. The minimum Gasteiger partial charge on any atom is -0.419 e. The topological polar surface area (TPSA) is 88.3 Å². The molecule has 4 aromatic rings. The molecule has 0 saturated heterocycles. The molecule has 0 unspecified atom stereocenters. The van der Waals surface area contributed by atoms with Gasteiger partial charge in [-0.1, -0.05) is 24.3 Å². The van der Waals surface area contributed by atoms with Crippen LogP contribution >= 0.6 is 0 Å². The normalized spacial score (nSPS) is 11.3. The number of sulfonamides is 1. The summed E-state index contributed by atoms with van der Waals surface area (Å²) < 4.78 is 45.8. The first-order valence-corrected chi connectivity index (χ1v) is 10.8. The van der Waals surface area contributed by atoms with Crippen molar-refractivity contribution in [1.82, 2.24) is 10.2 Å². The van der Waals surface area contributed by atoms with Crippen LogP contribution in [0.15, 0.2) is 88.2 Å². The number of para-hydroxylation sites is 1.